The average Bonchev–Trinajstić information content (AvgIpc) is 2.36. The Bertz CT molecular complexity index is 183. The fraction of sp³-hybridized carbons (Fsp3) is 0.700. The van der Waals surface area contributed by atoms with Gasteiger partial charge in [0.2, 0.25) is 0 Å². The van der Waals surface area contributed by atoms with Gasteiger partial charge in [0.25, 0.3) is 0 Å². The molecule has 0 saturated carbocycles. The highest BCUT2D eigenvalue weighted by Crippen LogP contribution is 2.13. The minimum atomic E-state index is -2.22. The monoisotopic (exact) mass is 250 g/mol. The molecule has 0 aliphatic rings. The second-order valence-corrected chi connectivity index (χ2v) is 5.86. The number of rotatable bonds is 6. The number of carbonyl (C=O) groups is 1. The molecule has 0 spiro atoms. The Morgan fingerprint density at radius 1 is 1.19 bits per heavy atom. The Balaban J connectivity index is 0. The molecule has 0 atom stereocenters. The summed E-state index contributed by atoms with van der Waals surface area (Å²) < 4.78 is 19.7. The predicted octanol–water partition coefficient (Wildman–Crippen LogP) is 1.62. The lowest BCUT2D eigenvalue weighted by molar-refractivity contribution is -0.134. The van der Waals surface area contributed by atoms with Gasteiger partial charge >= 0.3 is 14.8 Å². The van der Waals surface area contributed by atoms with E-state index in [9.17, 15) is 4.79 Å². The van der Waals surface area contributed by atoms with E-state index < -0.39 is 14.8 Å². The van der Waals surface area contributed by atoms with E-state index in [1.54, 1.807) is 21.3 Å². The van der Waals surface area contributed by atoms with Crippen LogP contribution in [0.4, 0.5) is 0 Å². The molecule has 16 heavy (non-hydrogen) atoms. The van der Waals surface area contributed by atoms with Crippen LogP contribution in [0.15, 0.2) is 12.7 Å². The van der Waals surface area contributed by atoms with Gasteiger partial charge in [-0.2, -0.15) is 0 Å². The topological polar surface area (TPSA) is 54.0 Å². The van der Waals surface area contributed by atoms with Crippen LogP contribution in [0.2, 0.25) is 6.04 Å². The molecular formula is C10H22O5Si. The molecule has 0 heterocycles. The fourth-order valence-corrected chi connectivity index (χ4v) is 2.67. The van der Waals surface area contributed by atoms with Crippen LogP contribution in [0.5, 0.6) is 0 Å². The third kappa shape index (κ3) is 7.58. The molecule has 0 radical (unpaired) electrons. The van der Waals surface area contributed by atoms with E-state index in [4.69, 9.17) is 13.3 Å². The Labute approximate surface area is 98.7 Å². The minimum Gasteiger partial charge on any atom is -0.466 e. The van der Waals surface area contributed by atoms with Crippen molar-refractivity contribution in [1.29, 1.82) is 0 Å². The SMILES string of the molecule is C=CC(=O)OC.CCC[Si](OC)(OC)OC. The molecule has 0 aliphatic heterocycles. The maximum absolute atomic E-state index is 9.84. The second-order valence-electron chi connectivity index (χ2n) is 2.77. The van der Waals surface area contributed by atoms with E-state index >= 15 is 0 Å². The minimum absolute atomic E-state index is 0.394. The molecule has 0 rings (SSSR count). The highest BCUT2D eigenvalue weighted by molar-refractivity contribution is 6.60. The standard InChI is InChI=1S/C6H16O3Si.C4H6O2/c1-5-6-10(7-2,8-3)9-4;1-3-4(5)6-2/h5-6H2,1-4H3;3H,1H2,2H3. The molecule has 0 amide bonds. The molecule has 6 heteroatoms. The van der Waals surface area contributed by atoms with E-state index in [1.165, 1.54) is 7.11 Å². The smallest absolute Gasteiger partial charge is 0.466 e. The van der Waals surface area contributed by atoms with Crippen LogP contribution in [0.3, 0.4) is 0 Å². The number of hydrogen-bond donors (Lipinski definition) is 0. The molecule has 96 valence electrons. The number of methoxy groups -OCH3 is 1. The number of ether oxygens (including phenoxy) is 1. The van der Waals surface area contributed by atoms with Gasteiger partial charge in [0.1, 0.15) is 0 Å². The largest absolute Gasteiger partial charge is 0.500 e. The van der Waals surface area contributed by atoms with Gasteiger partial charge < -0.3 is 18.0 Å². The summed E-state index contributed by atoms with van der Waals surface area (Å²) in [6.45, 7) is 5.24. The van der Waals surface area contributed by atoms with Crippen molar-refractivity contribution in [2.24, 2.45) is 0 Å². The Morgan fingerprint density at radius 2 is 1.62 bits per heavy atom. The van der Waals surface area contributed by atoms with Crippen LogP contribution < -0.4 is 0 Å². The van der Waals surface area contributed by atoms with E-state index in [0.29, 0.717) is 0 Å². The van der Waals surface area contributed by atoms with E-state index in [1.807, 2.05) is 0 Å². The first-order chi connectivity index (χ1) is 7.55. The van der Waals surface area contributed by atoms with E-state index in [0.717, 1.165) is 18.5 Å². The van der Waals surface area contributed by atoms with E-state index in [-0.39, 0.29) is 0 Å². The van der Waals surface area contributed by atoms with Crippen LogP contribution >= 0.6 is 0 Å². The lowest BCUT2D eigenvalue weighted by atomic mass is 10.6. The van der Waals surface area contributed by atoms with Crippen molar-refractivity contribution in [3.8, 4) is 0 Å². The van der Waals surface area contributed by atoms with Gasteiger partial charge in [-0.25, -0.2) is 4.79 Å². The Hall–Kier alpha value is -0.693. The molecular weight excluding hydrogens is 228 g/mol. The van der Waals surface area contributed by atoms with Gasteiger partial charge in [-0.15, -0.1) is 0 Å². The zero-order valence-corrected chi connectivity index (χ0v) is 11.7. The van der Waals surface area contributed by atoms with Gasteiger partial charge in [-0.3, -0.25) is 0 Å². The van der Waals surface area contributed by atoms with Crippen molar-refractivity contribution >= 4 is 14.8 Å². The predicted molar refractivity (Wildman–Crippen MR) is 64.1 cm³/mol. The third-order valence-corrected chi connectivity index (χ3v) is 4.84. The van der Waals surface area contributed by atoms with Gasteiger partial charge in [-0.05, 0) is 0 Å². The highest BCUT2D eigenvalue weighted by atomic mass is 28.4. The van der Waals surface area contributed by atoms with Crippen molar-refractivity contribution in [2.45, 2.75) is 19.4 Å². The van der Waals surface area contributed by atoms with Gasteiger partial charge in [-0.1, -0.05) is 19.9 Å². The summed E-state index contributed by atoms with van der Waals surface area (Å²) in [6, 6.07) is 0.885. The number of carbonyl (C=O) groups excluding carboxylic acids is 1. The van der Waals surface area contributed by atoms with Crippen LogP contribution in [0.1, 0.15) is 13.3 Å². The molecule has 0 fully saturated rings. The first-order valence-corrected chi connectivity index (χ1v) is 6.84. The van der Waals surface area contributed by atoms with Gasteiger partial charge in [0.15, 0.2) is 0 Å². The summed E-state index contributed by atoms with van der Waals surface area (Å²) in [6.07, 6.45) is 2.14. The quantitative estimate of drug-likeness (QED) is 0.407. The van der Waals surface area contributed by atoms with Gasteiger partial charge in [0, 0.05) is 33.4 Å². The molecule has 0 aromatic rings. The highest BCUT2D eigenvalue weighted by Gasteiger charge is 2.36. The number of hydrogen-bond acceptors (Lipinski definition) is 5. The first-order valence-electron chi connectivity index (χ1n) is 4.91. The van der Waals surface area contributed by atoms with Crippen molar-refractivity contribution in [2.75, 3.05) is 28.4 Å². The maximum atomic E-state index is 9.84. The van der Waals surface area contributed by atoms with Crippen molar-refractivity contribution < 1.29 is 22.8 Å². The van der Waals surface area contributed by atoms with Crippen LogP contribution in [-0.4, -0.2) is 43.2 Å². The third-order valence-electron chi connectivity index (χ3n) is 1.86. The van der Waals surface area contributed by atoms with Crippen LogP contribution in [-0.2, 0) is 22.8 Å². The molecule has 0 aromatic heterocycles. The van der Waals surface area contributed by atoms with Crippen molar-refractivity contribution in [3.63, 3.8) is 0 Å². The maximum Gasteiger partial charge on any atom is 0.500 e. The second kappa shape index (κ2) is 10.8. The summed E-state index contributed by atoms with van der Waals surface area (Å²) in [5.41, 5.74) is 0. The fourth-order valence-electron chi connectivity index (χ4n) is 0.946. The Kier molecular flexibility index (Phi) is 12.0. The normalized spacial score (nSPS) is 10.1. The Morgan fingerprint density at radius 3 is 1.69 bits per heavy atom. The summed E-state index contributed by atoms with van der Waals surface area (Å²) in [5.74, 6) is -0.394. The lowest BCUT2D eigenvalue weighted by Gasteiger charge is -2.23. The van der Waals surface area contributed by atoms with Crippen LogP contribution in [0.25, 0.3) is 0 Å². The first kappa shape index (κ1) is 17.7. The molecule has 0 bridgehead atoms. The molecule has 0 unspecified atom stereocenters. The average molecular weight is 250 g/mol. The molecule has 0 aromatic carbocycles. The zero-order valence-electron chi connectivity index (χ0n) is 10.7. The molecule has 0 N–H and O–H groups in total. The summed E-state index contributed by atoms with van der Waals surface area (Å²) in [4.78, 5) is 9.84. The molecule has 5 nitrogen and oxygen atoms in total. The van der Waals surface area contributed by atoms with Crippen LogP contribution in [0, 0.1) is 0 Å². The molecule has 0 aliphatic carbocycles. The zero-order chi connectivity index (χ0) is 13.0. The summed E-state index contributed by atoms with van der Waals surface area (Å²) in [5, 5.41) is 0. The summed E-state index contributed by atoms with van der Waals surface area (Å²) >= 11 is 0. The van der Waals surface area contributed by atoms with Crippen molar-refractivity contribution in [3.05, 3.63) is 12.7 Å². The molecule has 0 saturated heterocycles. The van der Waals surface area contributed by atoms with Gasteiger partial charge in [0.05, 0.1) is 7.11 Å². The number of esters is 1. The lowest BCUT2D eigenvalue weighted by Crippen LogP contribution is -2.42. The summed E-state index contributed by atoms with van der Waals surface area (Å²) in [7, 11) is 3.99. The van der Waals surface area contributed by atoms with E-state index in [2.05, 4.69) is 18.2 Å². The van der Waals surface area contributed by atoms with Crippen molar-refractivity contribution in [1.82, 2.24) is 0 Å².